The van der Waals surface area contributed by atoms with Gasteiger partial charge in [0, 0.05) is 0 Å². The van der Waals surface area contributed by atoms with Crippen LogP contribution in [0.3, 0.4) is 0 Å². The van der Waals surface area contributed by atoms with Crippen molar-refractivity contribution in [2.75, 3.05) is 0 Å². The smallest absolute Gasteiger partial charge is 0.299 e. The largest absolute Gasteiger partial charge is 0.425 e. The summed E-state index contributed by atoms with van der Waals surface area (Å²) in [6, 6.07) is 0. The highest BCUT2D eigenvalue weighted by atomic mass is 28.4. The molecule has 0 saturated carbocycles. The summed E-state index contributed by atoms with van der Waals surface area (Å²) in [5.74, 6) is 0. The third-order valence-corrected chi connectivity index (χ3v) is 6.95. The Morgan fingerprint density at radius 1 is 1.29 bits per heavy atom. The summed E-state index contributed by atoms with van der Waals surface area (Å²) >= 11 is 0. The molecule has 0 unspecified atom stereocenters. The Morgan fingerprint density at radius 3 is 2.14 bits per heavy atom. The van der Waals surface area contributed by atoms with E-state index in [9.17, 15) is 0 Å². The second kappa shape index (κ2) is 2.75. The van der Waals surface area contributed by atoms with Crippen molar-refractivity contribution in [3.63, 3.8) is 0 Å². The van der Waals surface area contributed by atoms with Crippen LogP contribution in [0.1, 0.15) is 0 Å². The van der Waals surface area contributed by atoms with Gasteiger partial charge >= 0.3 is 0 Å². The molecule has 1 heterocycles. The first-order valence-electron chi connectivity index (χ1n) is 2.20. The van der Waals surface area contributed by atoms with E-state index in [1.165, 1.54) is 0 Å². The van der Waals surface area contributed by atoms with Gasteiger partial charge in [-0.25, -0.2) is 0 Å². The van der Waals surface area contributed by atoms with E-state index in [0.29, 0.717) is 0 Å². The van der Waals surface area contributed by atoms with Crippen molar-refractivity contribution in [1.29, 1.82) is 0 Å². The lowest BCUT2D eigenvalue weighted by molar-refractivity contribution is 0.328. The zero-order valence-corrected chi connectivity index (χ0v) is 8.20. The van der Waals surface area contributed by atoms with Crippen molar-refractivity contribution < 1.29 is 12.3 Å². The minimum atomic E-state index is -1.10. The summed E-state index contributed by atoms with van der Waals surface area (Å²) < 4.78 is 15.3. The summed E-state index contributed by atoms with van der Waals surface area (Å²) in [5.41, 5.74) is 0. The molecule has 0 atom stereocenters. The first-order valence-corrected chi connectivity index (χ1v) is 6.61. The quantitative estimate of drug-likeness (QED) is 0.372. The van der Waals surface area contributed by atoms with Crippen molar-refractivity contribution in [3.05, 3.63) is 0 Å². The fraction of sp³-hybridized carbons (Fsp3) is 1.00. The molecule has 1 rings (SSSR count). The number of hydrogen-bond acceptors (Lipinski definition) is 3. The minimum Gasteiger partial charge on any atom is -0.425 e. The molecule has 0 bridgehead atoms. The summed E-state index contributed by atoms with van der Waals surface area (Å²) in [5, 5.41) is 0. The third kappa shape index (κ3) is 1.84. The Balaban J connectivity index is 2.12. The highest BCUT2D eigenvalue weighted by Gasteiger charge is 2.09. The lowest BCUT2D eigenvalue weighted by Gasteiger charge is -2.17. The second-order valence-electron chi connectivity index (χ2n) is 1.34. The van der Waals surface area contributed by atoms with Gasteiger partial charge in [0.25, 0.3) is 29.3 Å². The molecule has 0 spiro atoms. The molecule has 0 radical (unpaired) electrons. The van der Waals surface area contributed by atoms with Crippen molar-refractivity contribution in [2.24, 2.45) is 0 Å². The van der Waals surface area contributed by atoms with E-state index in [2.05, 4.69) is 0 Å². The van der Waals surface area contributed by atoms with Crippen LogP contribution in [-0.4, -0.2) is 29.3 Å². The second-order valence-corrected chi connectivity index (χ2v) is 7.25. The Morgan fingerprint density at radius 2 is 1.86 bits per heavy atom. The van der Waals surface area contributed by atoms with E-state index >= 15 is 0 Å². The molecule has 1 aliphatic rings. The van der Waals surface area contributed by atoms with Gasteiger partial charge in [0.05, 0.1) is 0 Å². The van der Waals surface area contributed by atoms with E-state index < -0.39 is 29.3 Å². The molecule has 0 aromatic rings. The molecule has 1 fully saturated rings. The van der Waals surface area contributed by atoms with Crippen LogP contribution in [0.25, 0.3) is 0 Å². The predicted octanol–water partition coefficient (Wildman–Crippen LogP) is -2.10. The average Bonchev–Trinajstić information content (AvgIpc) is 1.69. The SMILES string of the molecule is C[SiH]1O[SiH2]O[SiH2]O1. The van der Waals surface area contributed by atoms with Gasteiger partial charge in [0.2, 0.25) is 0 Å². The highest BCUT2D eigenvalue weighted by Crippen LogP contribution is 1.91. The van der Waals surface area contributed by atoms with Crippen LogP contribution in [-0.2, 0) is 12.3 Å². The molecular weight excluding hydrogens is 144 g/mol. The van der Waals surface area contributed by atoms with E-state index in [1.807, 2.05) is 6.55 Å². The Kier molecular flexibility index (Phi) is 2.22. The van der Waals surface area contributed by atoms with Gasteiger partial charge in [-0.3, -0.25) is 0 Å². The van der Waals surface area contributed by atoms with E-state index in [4.69, 9.17) is 12.3 Å². The Bertz CT molecular complexity index is 52.1. The van der Waals surface area contributed by atoms with Gasteiger partial charge in [0.15, 0.2) is 0 Å². The van der Waals surface area contributed by atoms with Gasteiger partial charge in [-0.05, 0) is 6.55 Å². The topological polar surface area (TPSA) is 27.7 Å². The van der Waals surface area contributed by atoms with Crippen LogP contribution < -0.4 is 0 Å². The van der Waals surface area contributed by atoms with E-state index in [-0.39, 0.29) is 0 Å². The number of rotatable bonds is 0. The fourth-order valence-electron chi connectivity index (χ4n) is 0.370. The molecule has 3 nitrogen and oxygen atoms in total. The van der Waals surface area contributed by atoms with Crippen LogP contribution in [0.5, 0.6) is 0 Å². The zero-order valence-electron chi connectivity index (χ0n) is 4.22. The van der Waals surface area contributed by atoms with Crippen molar-refractivity contribution >= 4 is 29.3 Å². The Hall–Kier alpha value is 0.531. The minimum absolute atomic E-state index is 0.541. The molecule has 0 aromatic heterocycles. The highest BCUT2D eigenvalue weighted by molar-refractivity contribution is 6.60. The molecule has 0 amide bonds. The molecule has 0 aliphatic carbocycles. The molecule has 0 N–H and O–H groups in total. The first-order chi connectivity index (χ1) is 3.39. The lowest BCUT2D eigenvalue weighted by atomic mass is 11.9. The van der Waals surface area contributed by atoms with E-state index in [1.54, 1.807) is 0 Å². The zero-order chi connectivity index (χ0) is 5.11. The van der Waals surface area contributed by atoms with Gasteiger partial charge in [-0.15, -0.1) is 0 Å². The summed E-state index contributed by atoms with van der Waals surface area (Å²) in [6.45, 7) is 2.04. The first kappa shape index (κ1) is 5.66. The molecule has 1 aliphatic heterocycles. The van der Waals surface area contributed by atoms with Gasteiger partial charge in [-0.2, -0.15) is 0 Å². The molecule has 42 valence electrons. The molecular formula is CH8O3Si3. The van der Waals surface area contributed by atoms with Gasteiger partial charge < -0.3 is 12.3 Å². The average molecular weight is 152 g/mol. The van der Waals surface area contributed by atoms with Crippen LogP contribution in [0.4, 0.5) is 0 Å². The van der Waals surface area contributed by atoms with Crippen LogP contribution in [0.15, 0.2) is 0 Å². The normalized spacial score (nSPS) is 39.9. The fourth-order valence-corrected chi connectivity index (χ4v) is 5.93. The Labute approximate surface area is 48.9 Å². The molecule has 0 aromatic carbocycles. The van der Waals surface area contributed by atoms with Gasteiger partial charge in [0.1, 0.15) is 0 Å². The van der Waals surface area contributed by atoms with Crippen molar-refractivity contribution in [3.8, 4) is 0 Å². The number of hydrogen-bond donors (Lipinski definition) is 0. The van der Waals surface area contributed by atoms with Crippen molar-refractivity contribution in [2.45, 2.75) is 6.55 Å². The summed E-state index contributed by atoms with van der Waals surface area (Å²) in [4.78, 5) is 0. The van der Waals surface area contributed by atoms with E-state index in [0.717, 1.165) is 0 Å². The lowest BCUT2D eigenvalue weighted by Crippen LogP contribution is -2.32. The standard InChI is InChI=1S/CH8O3Si3/c1-7-3-5-2-6-4-7/h7H,5-6H2,1H3. The maximum atomic E-state index is 5.15. The van der Waals surface area contributed by atoms with Crippen LogP contribution in [0, 0.1) is 0 Å². The monoisotopic (exact) mass is 152 g/mol. The predicted molar refractivity (Wildman–Crippen MR) is 33.4 cm³/mol. The molecule has 6 heteroatoms. The summed E-state index contributed by atoms with van der Waals surface area (Å²) in [6.07, 6.45) is 0. The maximum Gasteiger partial charge on any atom is 0.299 e. The third-order valence-electron chi connectivity index (χ3n) is 0.772. The maximum absolute atomic E-state index is 5.15. The molecule has 1 saturated heterocycles. The van der Waals surface area contributed by atoms with Crippen LogP contribution in [0.2, 0.25) is 6.55 Å². The van der Waals surface area contributed by atoms with Crippen LogP contribution >= 0.6 is 0 Å². The van der Waals surface area contributed by atoms with Gasteiger partial charge in [-0.1, -0.05) is 0 Å². The molecule has 7 heavy (non-hydrogen) atoms. The van der Waals surface area contributed by atoms with Crippen molar-refractivity contribution in [1.82, 2.24) is 0 Å². The summed E-state index contributed by atoms with van der Waals surface area (Å²) in [7, 11) is -2.18.